The van der Waals surface area contributed by atoms with Crippen LogP contribution in [-0.4, -0.2) is 17.6 Å². The van der Waals surface area contributed by atoms with Crippen molar-refractivity contribution in [2.45, 2.75) is 18.9 Å². The van der Waals surface area contributed by atoms with E-state index < -0.39 is 5.76 Å². The quantitative estimate of drug-likeness (QED) is 0.871. The summed E-state index contributed by atoms with van der Waals surface area (Å²) in [5, 5.41) is 3.29. The van der Waals surface area contributed by atoms with Crippen molar-refractivity contribution < 1.29 is 9.15 Å². The Morgan fingerprint density at radius 3 is 3.22 bits per heavy atom. The lowest BCUT2D eigenvalue weighted by atomic mass is 10.1. The summed E-state index contributed by atoms with van der Waals surface area (Å²) in [7, 11) is 0. The number of ether oxygens (including phenoxy) is 1. The second-order valence-corrected chi connectivity index (χ2v) is 4.31. The molecule has 0 amide bonds. The first-order valence-electron chi connectivity index (χ1n) is 5.98. The predicted molar refractivity (Wildman–Crippen MR) is 68.6 cm³/mol. The molecule has 0 radical (unpaired) electrons. The highest BCUT2D eigenvalue weighted by Gasteiger charge is 2.10. The van der Waals surface area contributed by atoms with Crippen molar-refractivity contribution in [3.63, 3.8) is 0 Å². The Bertz CT molecular complexity index is 626. The number of hydrogen-bond acceptors (Lipinski definition) is 4. The van der Waals surface area contributed by atoms with Crippen LogP contribution in [0, 0.1) is 0 Å². The Morgan fingerprint density at radius 2 is 2.39 bits per heavy atom. The largest absolute Gasteiger partial charge is 0.497 e. The Kier molecular flexibility index (Phi) is 2.80. The summed E-state index contributed by atoms with van der Waals surface area (Å²) >= 11 is 0. The average molecular weight is 246 g/mol. The molecular weight excluding hydrogens is 232 g/mol. The first-order chi connectivity index (χ1) is 8.81. The normalized spacial score (nSPS) is 18.8. The van der Waals surface area contributed by atoms with E-state index in [1.165, 1.54) is 0 Å². The second-order valence-electron chi connectivity index (χ2n) is 4.31. The van der Waals surface area contributed by atoms with Crippen molar-refractivity contribution in [2.75, 3.05) is 11.9 Å². The second kappa shape index (κ2) is 4.60. The molecule has 0 saturated carbocycles. The molecule has 1 aromatic carbocycles. The van der Waals surface area contributed by atoms with Gasteiger partial charge in [-0.1, -0.05) is 0 Å². The molecule has 1 aliphatic heterocycles. The fourth-order valence-electron chi connectivity index (χ4n) is 2.03. The minimum atomic E-state index is -0.428. The minimum absolute atomic E-state index is 0.203. The lowest BCUT2D eigenvalue weighted by Crippen LogP contribution is -2.22. The van der Waals surface area contributed by atoms with Crippen molar-refractivity contribution in [2.24, 2.45) is 0 Å². The van der Waals surface area contributed by atoms with E-state index in [0.717, 1.165) is 25.1 Å². The van der Waals surface area contributed by atoms with Crippen LogP contribution in [0.1, 0.15) is 12.8 Å². The van der Waals surface area contributed by atoms with Crippen molar-refractivity contribution in [1.29, 1.82) is 0 Å². The number of benzene rings is 1. The van der Waals surface area contributed by atoms with E-state index in [9.17, 15) is 4.79 Å². The van der Waals surface area contributed by atoms with Gasteiger partial charge in [0.2, 0.25) is 0 Å². The van der Waals surface area contributed by atoms with E-state index in [0.29, 0.717) is 11.1 Å². The lowest BCUT2D eigenvalue weighted by molar-refractivity contribution is 0.135. The van der Waals surface area contributed by atoms with Gasteiger partial charge < -0.3 is 14.5 Å². The number of aromatic amines is 1. The molecule has 1 aliphatic rings. The Balaban J connectivity index is 1.70. The number of nitrogens with one attached hydrogen (secondary N) is 2. The zero-order valence-corrected chi connectivity index (χ0v) is 9.81. The molecule has 2 heterocycles. The van der Waals surface area contributed by atoms with E-state index in [1.54, 1.807) is 12.3 Å². The molecular formula is C13H14N2O3. The third-order valence-electron chi connectivity index (χ3n) is 2.98. The Labute approximate surface area is 103 Å². The van der Waals surface area contributed by atoms with Crippen LogP contribution in [0.3, 0.4) is 0 Å². The highest BCUT2D eigenvalue weighted by Crippen LogP contribution is 2.17. The summed E-state index contributed by atoms with van der Waals surface area (Å²) in [6, 6.07) is 5.52. The van der Waals surface area contributed by atoms with Gasteiger partial charge in [0, 0.05) is 5.69 Å². The molecule has 0 saturated heterocycles. The van der Waals surface area contributed by atoms with Crippen LogP contribution in [-0.2, 0) is 4.74 Å². The van der Waals surface area contributed by atoms with E-state index in [4.69, 9.17) is 9.15 Å². The predicted octanol–water partition coefficient (Wildman–Crippen LogP) is 2.23. The average Bonchev–Trinajstić information content (AvgIpc) is 2.77. The number of H-pyrrole nitrogens is 1. The molecule has 3 rings (SSSR count). The minimum Gasteiger partial charge on any atom is -0.497 e. The maximum atomic E-state index is 11.0. The van der Waals surface area contributed by atoms with Gasteiger partial charge in [-0.15, -0.1) is 0 Å². The number of allylic oxidation sites excluding steroid dienone is 1. The van der Waals surface area contributed by atoms with E-state index in [-0.39, 0.29) is 6.10 Å². The third-order valence-corrected chi connectivity index (χ3v) is 2.98. The SMILES string of the molecule is O=c1[nH]c2cc(NCC3CCC=CO3)ccc2o1. The van der Waals surface area contributed by atoms with Gasteiger partial charge in [-0.3, -0.25) is 4.98 Å². The number of aromatic nitrogens is 1. The van der Waals surface area contributed by atoms with Crippen molar-refractivity contribution >= 4 is 16.8 Å². The third kappa shape index (κ3) is 2.25. The molecule has 2 aromatic rings. The number of hydrogen-bond donors (Lipinski definition) is 2. The van der Waals surface area contributed by atoms with Gasteiger partial charge in [-0.2, -0.15) is 0 Å². The van der Waals surface area contributed by atoms with Crippen LogP contribution in [0.25, 0.3) is 11.1 Å². The fourth-order valence-corrected chi connectivity index (χ4v) is 2.03. The molecule has 0 bridgehead atoms. The van der Waals surface area contributed by atoms with Gasteiger partial charge in [0.05, 0.1) is 18.3 Å². The molecule has 5 heteroatoms. The number of anilines is 1. The molecule has 94 valence electrons. The summed E-state index contributed by atoms with van der Waals surface area (Å²) in [5.41, 5.74) is 2.22. The standard InChI is InChI=1S/C13H14N2O3/c16-13-15-11-7-9(4-5-12(11)18-13)14-8-10-3-1-2-6-17-10/h2,4-7,10,14H,1,3,8H2,(H,15,16). The van der Waals surface area contributed by atoms with E-state index in [2.05, 4.69) is 10.3 Å². The monoisotopic (exact) mass is 246 g/mol. The number of fused-ring (bicyclic) bond motifs is 1. The van der Waals surface area contributed by atoms with Gasteiger partial charge in [0.15, 0.2) is 5.58 Å². The maximum Gasteiger partial charge on any atom is 0.417 e. The summed E-state index contributed by atoms with van der Waals surface area (Å²) in [5.74, 6) is -0.428. The highest BCUT2D eigenvalue weighted by atomic mass is 16.5. The van der Waals surface area contributed by atoms with Crippen LogP contribution in [0.5, 0.6) is 0 Å². The lowest BCUT2D eigenvalue weighted by Gasteiger charge is -2.20. The molecule has 1 unspecified atom stereocenters. The molecule has 0 aliphatic carbocycles. The molecule has 2 N–H and O–H groups in total. The molecule has 1 aromatic heterocycles. The van der Waals surface area contributed by atoms with Crippen LogP contribution in [0.2, 0.25) is 0 Å². The van der Waals surface area contributed by atoms with Crippen molar-refractivity contribution in [1.82, 2.24) is 4.98 Å². The fraction of sp³-hybridized carbons (Fsp3) is 0.308. The first-order valence-corrected chi connectivity index (χ1v) is 5.98. The van der Waals surface area contributed by atoms with Crippen molar-refractivity contribution in [3.05, 3.63) is 41.1 Å². The zero-order valence-electron chi connectivity index (χ0n) is 9.81. The zero-order chi connectivity index (χ0) is 12.4. The summed E-state index contributed by atoms with van der Waals surface area (Å²) in [6.45, 7) is 0.748. The number of oxazole rings is 1. The molecule has 0 spiro atoms. The van der Waals surface area contributed by atoms with Crippen LogP contribution in [0.4, 0.5) is 5.69 Å². The van der Waals surface area contributed by atoms with Crippen molar-refractivity contribution in [3.8, 4) is 0 Å². The van der Waals surface area contributed by atoms with Gasteiger partial charge >= 0.3 is 5.76 Å². The van der Waals surface area contributed by atoms with Gasteiger partial charge in [0.1, 0.15) is 6.10 Å². The van der Waals surface area contributed by atoms with Crippen LogP contribution < -0.4 is 11.1 Å². The maximum absolute atomic E-state index is 11.0. The van der Waals surface area contributed by atoms with Crippen LogP contribution >= 0.6 is 0 Å². The summed E-state index contributed by atoms with van der Waals surface area (Å²) < 4.78 is 10.4. The Morgan fingerprint density at radius 1 is 1.44 bits per heavy atom. The van der Waals surface area contributed by atoms with Gasteiger partial charge in [0.25, 0.3) is 0 Å². The van der Waals surface area contributed by atoms with E-state index in [1.807, 2.05) is 18.2 Å². The topological polar surface area (TPSA) is 67.3 Å². The molecule has 1 atom stereocenters. The molecule has 5 nitrogen and oxygen atoms in total. The van der Waals surface area contributed by atoms with Gasteiger partial charge in [-0.05, 0) is 37.1 Å². The first kappa shape index (κ1) is 11.0. The Hall–Kier alpha value is -2.17. The smallest absolute Gasteiger partial charge is 0.417 e. The summed E-state index contributed by atoms with van der Waals surface area (Å²) in [6.07, 6.45) is 6.06. The van der Waals surface area contributed by atoms with Gasteiger partial charge in [-0.25, -0.2) is 4.79 Å². The van der Waals surface area contributed by atoms with Crippen LogP contribution in [0.15, 0.2) is 39.7 Å². The van der Waals surface area contributed by atoms with E-state index >= 15 is 0 Å². The molecule has 0 fully saturated rings. The number of rotatable bonds is 3. The highest BCUT2D eigenvalue weighted by molar-refractivity contribution is 5.76. The molecule has 18 heavy (non-hydrogen) atoms. The summed E-state index contributed by atoms with van der Waals surface area (Å²) in [4.78, 5) is 13.7.